The maximum Gasteiger partial charge on any atom is 0.277 e. The van der Waals surface area contributed by atoms with E-state index in [9.17, 15) is 4.79 Å². The summed E-state index contributed by atoms with van der Waals surface area (Å²) in [7, 11) is 0. The number of benzene rings is 3. The highest BCUT2D eigenvalue weighted by Gasteiger charge is 2.16. The molecule has 5 rings (SSSR count). The van der Waals surface area contributed by atoms with Gasteiger partial charge in [-0.05, 0) is 36.4 Å². The highest BCUT2D eigenvalue weighted by atomic mass is 32.1. The lowest BCUT2D eigenvalue weighted by Crippen LogP contribution is -2.13. The van der Waals surface area contributed by atoms with Gasteiger partial charge in [-0.25, -0.2) is 4.98 Å². The Balaban J connectivity index is 1.44. The third kappa shape index (κ3) is 3.39. The molecular weight excluding hydrogens is 382 g/mol. The van der Waals surface area contributed by atoms with Gasteiger partial charge in [0, 0.05) is 5.56 Å². The molecule has 5 aromatic rings. The summed E-state index contributed by atoms with van der Waals surface area (Å²) in [5.74, 6) is -0.319. The molecule has 29 heavy (non-hydrogen) atoms. The van der Waals surface area contributed by atoms with E-state index >= 15 is 0 Å². The summed E-state index contributed by atoms with van der Waals surface area (Å²) in [5, 5.41) is 12.3. The van der Waals surface area contributed by atoms with Crippen molar-refractivity contribution < 1.29 is 4.79 Å². The van der Waals surface area contributed by atoms with Gasteiger partial charge in [0.05, 0.1) is 27.8 Å². The standard InChI is InChI=1S/C22H15N5OS/c28-21(19-14-23-27(26-19)15-8-2-1-3-9-15)24-17-11-5-4-10-16(17)22-25-18-12-6-7-13-20(18)29-22/h1-14H,(H,24,28). The van der Waals surface area contributed by atoms with E-state index in [-0.39, 0.29) is 11.6 Å². The van der Waals surface area contributed by atoms with Gasteiger partial charge in [0.1, 0.15) is 5.01 Å². The van der Waals surface area contributed by atoms with Crippen LogP contribution in [0.25, 0.3) is 26.5 Å². The van der Waals surface area contributed by atoms with Crippen molar-refractivity contribution in [1.82, 2.24) is 20.0 Å². The first-order chi connectivity index (χ1) is 14.3. The predicted octanol–water partition coefficient (Wildman–Crippen LogP) is 4.80. The summed E-state index contributed by atoms with van der Waals surface area (Å²) in [5.41, 5.74) is 3.54. The molecule has 0 aliphatic heterocycles. The second kappa shape index (κ2) is 7.29. The van der Waals surface area contributed by atoms with E-state index in [1.54, 1.807) is 11.3 Å². The van der Waals surface area contributed by atoms with Gasteiger partial charge in [0.15, 0.2) is 5.69 Å². The molecule has 0 fully saturated rings. The van der Waals surface area contributed by atoms with Crippen molar-refractivity contribution in [2.24, 2.45) is 0 Å². The minimum Gasteiger partial charge on any atom is -0.320 e. The van der Waals surface area contributed by atoms with Crippen LogP contribution in [0.4, 0.5) is 5.69 Å². The second-order valence-corrected chi connectivity index (χ2v) is 7.37. The van der Waals surface area contributed by atoms with Crippen LogP contribution in [0.5, 0.6) is 0 Å². The number of nitrogens with zero attached hydrogens (tertiary/aromatic N) is 4. The molecule has 1 N–H and O–H groups in total. The minimum atomic E-state index is -0.319. The Morgan fingerprint density at radius 3 is 2.52 bits per heavy atom. The Morgan fingerprint density at radius 2 is 1.66 bits per heavy atom. The number of aromatic nitrogens is 4. The van der Waals surface area contributed by atoms with Crippen molar-refractivity contribution in [3.8, 4) is 16.3 Å². The number of carbonyl (C=O) groups excluding carboxylic acids is 1. The van der Waals surface area contributed by atoms with Crippen LogP contribution in [0.2, 0.25) is 0 Å². The number of thiazole rings is 1. The largest absolute Gasteiger partial charge is 0.320 e. The molecule has 0 spiro atoms. The fourth-order valence-corrected chi connectivity index (χ4v) is 4.01. The Hall–Kier alpha value is -3.84. The Bertz CT molecular complexity index is 1280. The molecule has 2 aromatic heterocycles. The molecule has 6 nitrogen and oxygen atoms in total. The summed E-state index contributed by atoms with van der Waals surface area (Å²) in [6.45, 7) is 0. The average molecular weight is 397 g/mol. The molecule has 0 saturated heterocycles. The topological polar surface area (TPSA) is 72.7 Å². The van der Waals surface area contributed by atoms with Crippen LogP contribution in [0.1, 0.15) is 10.5 Å². The normalized spacial score (nSPS) is 10.9. The number of amides is 1. The van der Waals surface area contributed by atoms with Crippen LogP contribution in [-0.2, 0) is 0 Å². The van der Waals surface area contributed by atoms with Crippen molar-refractivity contribution in [2.45, 2.75) is 0 Å². The van der Waals surface area contributed by atoms with Crippen molar-refractivity contribution in [2.75, 3.05) is 5.32 Å². The van der Waals surface area contributed by atoms with Crippen LogP contribution in [0.15, 0.2) is 85.1 Å². The molecule has 0 aliphatic rings. The van der Waals surface area contributed by atoms with Crippen LogP contribution in [0.3, 0.4) is 0 Å². The van der Waals surface area contributed by atoms with E-state index in [0.717, 1.165) is 26.5 Å². The van der Waals surface area contributed by atoms with E-state index in [4.69, 9.17) is 4.98 Å². The molecule has 0 saturated carbocycles. The lowest BCUT2D eigenvalue weighted by atomic mass is 10.2. The van der Waals surface area contributed by atoms with Crippen molar-refractivity contribution in [1.29, 1.82) is 0 Å². The first-order valence-electron chi connectivity index (χ1n) is 9.02. The third-order valence-electron chi connectivity index (χ3n) is 4.41. The molecule has 140 valence electrons. The molecular formula is C22H15N5OS. The maximum absolute atomic E-state index is 12.8. The number of para-hydroxylation sites is 3. The zero-order valence-corrected chi connectivity index (χ0v) is 16.0. The van der Waals surface area contributed by atoms with Crippen LogP contribution in [-0.4, -0.2) is 25.9 Å². The van der Waals surface area contributed by atoms with Crippen LogP contribution < -0.4 is 5.32 Å². The maximum atomic E-state index is 12.8. The summed E-state index contributed by atoms with van der Waals surface area (Å²) >= 11 is 1.59. The lowest BCUT2D eigenvalue weighted by Gasteiger charge is -2.07. The molecule has 0 bridgehead atoms. The van der Waals surface area contributed by atoms with E-state index in [2.05, 4.69) is 15.5 Å². The highest BCUT2D eigenvalue weighted by Crippen LogP contribution is 2.34. The van der Waals surface area contributed by atoms with Crippen molar-refractivity contribution >= 4 is 33.1 Å². The minimum absolute atomic E-state index is 0.243. The smallest absolute Gasteiger partial charge is 0.277 e. The molecule has 0 atom stereocenters. The van der Waals surface area contributed by atoms with Crippen LogP contribution in [0, 0.1) is 0 Å². The number of carbonyl (C=O) groups is 1. The van der Waals surface area contributed by atoms with Gasteiger partial charge < -0.3 is 5.32 Å². The monoisotopic (exact) mass is 397 g/mol. The fraction of sp³-hybridized carbons (Fsp3) is 0. The Kier molecular flexibility index (Phi) is 4.34. The molecule has 7 heteroatoms. The van der Waals surface area contributed by atoms with Gasteiger partial charge in [-0.1, -0.05) is 42.5 Å². The molecule has 0 aliphatic carbocycles. The van der Waals surface area contributed by atoms with Gasteiger partial charge in [-0.15, -0.1) is 16.4 Å². The van der Waals surface area contributed by atoms with Gasteiger partial charge in [0.2, 0.25) is 0 Å². The third-order valence-corrected chi connectivity index (χ3v) is 5.48. The lowest BCUT2D eigenvalue weighted by molar-refractivity contribution is 0.102. The van der Waals surface area contributed by atoms with E-state index in [0.29, 0.717) is 5.69 Å². The van der Waals surface area contributed by atoms with Crippen molar-refractivity contribution in [3.05, 3.63) is 90.8 Å². The zero-order valence-electron chi connectivity index (χ0n) is 15.2. The van der Waals surface area contributed by atoms with Gasteiger partial charge in [-0.3, -0.25) is 4.79 Å². The number of hydrogen-bond donors (Lipinski definition) is 1. The molecule has 3 aromatic carbocycles. The molecule has 1 amide bonds. The quantitative estimate of drug-likeness (QED) is 0.473. The van der Waals surface area contributed by atoms with Crippen molar-refractivity contribution in [3.63, 3.8) is 0 Å². The fourth-order valence-electron chi connectivity index (χ4n) is 3.01. The number of fused-ring (bicyclic) bond motifs is 1. The van der Waals surface area contributed by atoms with E-state index in [1.807, 2.05) is 78.9 Å². The predicted molar refractivity (Wildman–Crippen MR) is 114 cm³/mol. The highest BCUT2D eigenvalue weighted by molar-refractivity contribution is 7.21. The number of nitrogens with one attached hydrogen (secondary N) is 1. The van der Waals surface area contributed by atoms with Gasteiger partial charge in [0.25, 0.3) is 5.91 Å². The van der Waals surface area contributed by atoms with Gasteiger partial charge >= 0.3 is 0 Å². The van der Waals surface area contributed by atoms with Gasteiger partial charge in [-0.2, -0.15) is 9.90 Å². The summed E-state index contributed by atoms with van der Waals surface area (Å²) in [4.78, 5) is 18.9. The Labute approximate surface area is 170 Å². The van der Waals surface area contributed by atoms with Crippen LogP contribution >= 0.6 is 11.3 Å². The molecule has 0 unspecified atom stereocenters. The summed E-state index contributed by atoms with van der Waals surface area (Å²) < 4.78 is 1.11. The summed E-state index contributed by atoms with van der Waals surface area (Å²) in [6.07, 6.45) is 1.46. The molecule has 2 heterocycles. The zero-order chi connectivity index (χ0) is 19.6. The van der Waals surface area contributed by atoms with E-state index < -0.39 is 0 Å². The number of rotatable bonds is 4. The number of anilines is 1. The number of hydrogen-bond acceptors (Lipinski definition) is 5. The SMILES string of the molecule is O=C(Nc1ccccc1-c1nc2ccccc2s1)c1cnn(-c2ccccc2)n1. The second-order valence-electron chi connectivity index (χ2n) is 6.34. The summed E-state index contributed by atoms with van der Waals surface area (Å²) in [6, 6.07) is 25.1. The molecule has 0 radical (unpaired) electrons. The first-order valence-corrected chi connectivity index (χ1v) is 9.84. The average Bonchev–Trinajstić information content (AvgIpc) is 3.42. The first kappa shape index (κ1) is 17.3. The van der Waals surface area contributed by atoms with E-state index in [1.165, 1.54) is 11.0 Å². The Morgan fingerprint density at radius 1 is 0.897 bits per heavy atom.